The number of thiophene rings is 1. The maximum atomic E-state index is 12.2. The van der Waals surface area contributed by atoms with Gasteiger partial charge in [0.1, 0.15) is 0 Å². The Morgan fingerprint density at radius 1 is 1.29 bits per heavy atom. The van der Waals surface area contributed by atoms with Gasteiger partial charge in [-0.25, -0.2) is 4.98 Å². The van der Waals surface area contributed by atoms with Crippen LogP contribution in [0, 0.1) is 19.3 Å². The summed E-state index contributed by atoms with van der Waals surface area (Å²) >= 11 is 3.19. The minimum atomic E-state index is -0.561. The monoisotopic (exact) mass is 323 g/mol. The summed E-state index contributed by atoms with van der Waals surface area (Å²) in [4.78, 5) is 20.2. The molecule has 0 aliphatic heterocycles. The number of hydrogen-bond acceptors (Lipinski definition) is 5. The van der Waals surface area contributed by atoms with Crippen LogP contribution in [-0.4, -0.2) is 16.9 Å². The highest BCUT2D eigenvalue weighted by Crippen LogP contribution is 2.34. The normalized spacial score (nSPS) is 13.2. The number of carbonyl (C=O) groups is 1. The predicted molar refractivity (Wildman–Crippen MR) is 91.0 cm³/mol. The second-order valence-corrected chi connectivity index (χ2v) is 8.66. The highest BCUT2D eigenvalue weighted by atomic mass is 32.1. The van der Waals surface area contributed by atoms with E-state index in [1.807, 2.05) is 27.7 Å². The van der Waals surface area contributed by atoms with Gasteiger partial charge in [-0.15, -0.1) is 22.7 Å². The Hall–Kier alpha value is -1.24. The van der Waals surface area contributed by atoms with E-state index in [0.29, 0.717) is 5.13 Å². The third kappa shape index (κ3) is 3.70. The molecule has 0 aromatic carbocycles. The third-order valence-corrected chi connectivity index (χ3v) is 5.11. The van der Waals surface area contributed by atoms with E-state index >= 15 is 0 Å². The Morgan fingerprint density at radius 3 is 2.48 bits per heavy atom. The number of nitrogens with one attached hydrogen (secondary N) is 1. The number of nitrogens with zero attached hydrogens (tertiary/aromatic N) is 1. The van der Waals surface area contributed by atoms with E-state index in [2.05, 4.69) is 29.4 Å². The van der Waals surface area contributed by atoms with E-state index in [1.165, 1.54) is 16.2 Å². The number of nitrogens with two attached hydrogens (primary N) is 1. The Kier molecular flexibility index (Phi) is 4.51. The lowest BCUT2D eigenvalue weighted by molar-refractivity contribution is -0.119. The van der Waals surface area contributed by atoms with E-state index in [9.17, 15) is 4.79 Å². The molecule has 0 saturated heterocycles. The van der Waals surface area contributed by atoms with Crippen molar-refractivity contribution in [2.45, 2.75) is 40.7 Å². The molecule has 0 fully saturated rings. The summed E-state index contributed by atoms with van der Waals surface area (Å²) in [6, 6.07) is 3.58. The Labute approximate surface area is 133 Å². The summed E-state index contributed by atoms with van der Waals surface area (Å²) < 4.78 is 0. The number of aromatic nitrogens is 1. The summed E-state index contributed by atoms with van der Waals surface area (Å²) in [7, 11) is 0. The molecule has 6 heteroatoms. The quantitative estimate of drug-likeness (QED) is 0.902. The third-order valence-electron chi connectivity index (χ3n) is 3.22. The van der Waals surface area contributed by atoms with E-state index < -0.39 is 6.04 Å². The minimum absolute atomic E-state index is 0.190. The summed E-state index contributed by atoms with van der Waals surface area (Å²) in [6.45, 7) is 9.93. The van der Waals surface area contributed by atoms with Crippen molar-refractivity contribution in [1.29, 1.82) is 0 Å². The van der Waals surface area contributed by atoms with Gasteiger partial charge in [0, 0.05) is 9.75 Å². The highest BCUT2D eigenvalue weighted by Gasteiger charge is 2.28. The summed E-state index contributed by atoms with van der Waals surface area (Å²) in [5.74, 6) is -0.190. The molecule has 0 aliphatic rings. The van der Waals surface area contributed by atoms with Crippen molar-refractivity contribution in [3.05, 3.63) is 21.9 Å². The minimum Gasteiger partial charge on any atom is -0.319 e. The predicted octanol–water partition coefficient (Wildman–Crippen LogP) is 3.80. The van der Waals surface area contributed by atoms with E-state index in [1.54, 1.807) is 11.3 Å². The fraction of sp³-hybridized carbons (Fsp3) is 0.467. The zero-order valence-corrected chi connectivity index (χ0v) is 14.6. The molecule has 0 bridgehead atoms. The topological polar surface area (TPSA) is 68.0 Å². The van der Waals surface area contributed by atoms with Crippen LogP contribution in [0.3, 0.4) is 0 Å². The number of amides is 1. The molecule has 0 saturated carbocycles. The Bertz CT molecular complexity index is 652. The molecule has 2 rings (SSSR count). The SMILES string of the molecule is Cc1ccc(-c2nc(NC(=O)[C@@H](N)C(C)(C)C)sc2C)s1. The van der Waals surface area contributed by atoms with Crippen LogP contribution in [0.5, 0.6) is 0 Å². The highest BCUT2D eigenvalue weighted by molar-refractivity contribution is 7.18. The molecular weight excluding hydrogens is 302 g/mol. The molecule has 0 radical (unpaired) electrons. The van der Waals surface area contributed by atoms with Crippen LogP contribution in [0.4, 0.5) is 5.13 Å². The molecule has 0 unspecified atom stereocenters. The summed E-state index contributed by atoms with van der Waals surface area (Å²) in [6.07, 6.45) is 0. The lowest BCUT2D eigenvalue weighted by Gasteiger charge is -2.25. The zero-order chi connectivity index (χ0) is 15.8. The van der Waals surface area contributed by atoms with Gasteiger partial charge in [-0.05, 0) is 31.4 Å². The molecule has 21 heavy (non-hydrogen) atoms. The van der Waals surface area contributed by atoms with E-state index in [4.69, 9.17) is 5.73 Å². The second kappa shape index (κ2) is 5.87. The van der Waals surface area contributed by atoms with Crippen molar-refractivity contribution in [3.8, 4) is 10.6 Å². The van der Waals surface area contributed by atoms with Crippen molar-refractivity contribution >= 4 is 33.7 Å². The van der Waals surface area contributed by atoms with Gasteiger partial charge in [-0.1, -0.05) is 20.8 Å². The maximum absolute atomic E-state index is 12.2. The molecule has 2 aromatic heterocycles. The number of anilines is 1. The van der Waals surface area contributed by atoms with Gasteiger partial charge >= 0.3 is 0 Å². The molecule has 1 atom stereocenters. The number of thiazole rings is 1. The van der Waals surface area contributed by atoms with Gasteiger partial charge in [0.2, 0.25) is 5.91 Å². The van der Waals surface area contributed by atoms with Crippen molar-refractivity contribution in [2.24, 2.45) is 11.1 Å². The van der Waals surface area contributed by atoms with Gasteiger partial charge in [-0.3, -0.25) is 4.79 Å². The van der Waals surface area contributed by atoms with Crippen molar-refractivity contribution in [2.75, 3.05) is 5.32 Å². The van der Waals surface area contributed by atoms with Crippen LogP contribution in [0.25, 0.3) is 10.6 Å². The first-order valence-corrected chi connectivity index (χ1v) is 8.42. The van der Waals surface area contributed by atoms with Gasteiger partial charge in [0.25, 0.3) is 0 Å². The summed E-state index contributed by atoms with van der Waals surface area (Å²) in [5, 5.41) is 3.44. The number of rotatable bonds is 3. The Balaban J connectivity index is 2.18. The van der Waals surface area contributed by atoms with Crippen LogP contribution >= 0.6 is 22.7 Å². The molecule has 3 N–H and O–H groups in total. The molecule has 114 valence electrons. The van der Waals surface area contributed by atoms with Gasteiger partial charge < -0.3 is 11.1 Å². The first-order valence-electron chi connectivity index (χ1n) is 6.79. The smallest absolute Gasteiger partial charge is 0.243 e. The fourth-order valence-electron chi connectivity index (χ4n) is 1.82. The Morgan fingerprint density at radius 2 is 1.95 bits per heavy atom. The lowest BCUT2D eigenvalue weighted by Crippen LogP contribution is -2.45. The largest absolute Gasteiger partial charge is 0.319 e. The van der Waals surface area contributed by atoms with Crippen molar-refractivity contribution < 1.29 is 4.79 Å². The van der Waals surface area contributed by atoms with E-state index in [-0.39, 0.29) is 11.3 Å². The number of hydrogen-bond donors (Lipinski definition) is 2. The van der Waals surface area contributed by atoms with Crippen molar-refractivity contribution in [3.63, 3.8) is 0 Å². The fourth-order valence-corrected chi connectivity index (χ4v) is 3.63. The molecule has 1 amide bonds. The van der Waals surface area contributed by atoms with Gasteiger partial charge in [-0.2, -0.15) is 0 Å². The second-order valence-electron chi connectivity index (χ2n) is 6.17. The van der Waals surface area contributed by atoms with Gasteiger partial charge in [0.15, 0.2) is 5.13 Å². The van der Waals surface area contributed by atoms with Gasteiger partial charge in [0.05, 0.1) is 16.6 Å². The molecular formula is C15H21N3OS2. The molecule has 2 heterocycles. The first-order chi connectivity index (χ1) is 9.68. The van der Waals surface area contributed by atoms with E-state index in [0.717, 1.165) is 15.4 Å². The van der Waals surface area contributed by atoms with Crippen LogP contribution in [-0.2, 0) is 4.79 Å². The average Bonchev–Trinajstić information content (AvgIpc) is 2.93. The number of aryl methyl sites for hydroxylation is 2. The van der Waals surface area contributed by atoms with Crippen LogP contribution in [0.2, 0.25) is 0 Å². The standard InChI is InChI=1S/C15H21N3OS2/c1-8-6-7-10(20-8)11-9(2)21-14(17-11)18-13(19)12(16)15(3,4)5/h6-7,12H,16H2,1-5H3,(H,17,18,19)/t12-/m1/s1. The molecule has 2 aromatic rings. The van der Waals surface area contributed by atoms with Crippen LogP contribution < -0.4 is 11.1 Å². The molecule has 0 spiro atoms. The zero-order valence-electron chi connectivity index (χ0n) is 13.0. The maximum Gasteiger partial charge on any atom is 0.243 e. The molecule has 4 nitrogen and oxygen atoms in total. The number of carbonyl (C=O) groups excluding carboxylic acids is 1. The lowest BCUT2D eigenvalue weighted by atomic mass is 9.87. The summed E-state index contributed by atoms with van der Waals surface area (Å²) in [5.41, 5.74) is 6.64. The van der Waals surface area contributed by atoms with Crippen LogP contribution in [0.15, 0.2) is 12.1 Å². The molecule has 0 aliphatic carbocycles. The first kappa shape index (κ1) is 16.1. The van der Waals surface area contributed by atoms with Crippen LogP contribution in [0.1, 0.15) is 30.5 Å². The van der Waals surface area contributed by atoms with Crippen molar-refractivity contribution in [1.82, 2.24) is 4.98 Å². The average molecular weight is 323 g/mol.